The van der Waals surface area contributed by atoms with E-state index in [2.05, 4.69) is 0 Å². The lowest BCUT2D eigenvalue weighted by atomic mass is 9.67. The van der Waals surface area contributed by atoms with E-state index >= 15 is 0 Å². The fourth-order valence-corrected chi connectivity index (χ4v) is 4.82. The van der Waals surface area contributed by atoms with Gasteiger partial charge < -0.3 is 11.5 Å². The van der Waals surface area contributed by atoms with Crippen LogP contribution in [0.2, 0.25) is 0 Å². The highest BCUT2D eigenvalue weighted by Gasteiger charge is 2.52. The first-order valence-electron chi connectivity index (χ1n) is 5.77. The van der Waals surface area contributed by atoms with Crippen molar-refractivity contribution in [2.45, 2.75) is 49.1 Å². The summed E-state index contributed by atoms with van der Waals surface area (Å²) in [6.07, 6.45) is 5.98. The first-order chi connectivity index (χ1) is 6.57. The molecule has 0 aromatic carbocycles. The van der Waals surface area contributed by atoms with Gasteiger partial charge in [-0.05, 0) is 49.9 Å². The summed E-state index contributed by atoms with van der Waals surface area (Å²) in [5, 5.41) is 0. The van der Waals surface area contributed by atoms with Crippen LogP contribution in [0.5, 0.6) is 0 Å². The van der Waals surface area contributed by atoms with Crippen LogP contribution >= 0.6 is 11.6 Å². The summed E-state index contributed by atoms with van der Waals surface area (Å²) >= 11 is 6.65. The highest BCUT2D eigenvalue weighted by molar-refractivity contribution is 6.24. The van der Waals surface area contributed by atoms with Crippen LogP contribution in [0.1, 0.15) is 32.1 Å². The zero-order valence-corrected chi connectivity index (χ0v) is 9.21. The Hall–Kier alpha value is 0.210. The second kappa shape index (κ2) is 2.87. The Morgan fingerprint density at radius 2 is 1.43 bits per heavy atom. The van der Waals surface area contributed by atoms with Gasteiger partial charge in [-0.15, -0.1) is 11.6 Å². The second-order valence-corrected chi connectivity index (χ2v) is 6.58. The molecule has 4 N–H and O–H groups in total. The Morgan fingerprint density at radius 3 is 1.86 bits per heavy atom. The van der Waals surface area contributed by atoms with Crippen LogP contribution in [-0.4, -0.2) is 17.0 Å². The molecule has 0 aromatic rings. The minimum atomic E-state index is 0.0578. The molecule has 0 saturated heterocycles. The van der Waals surface area contributed by atoms with Gasteiger partial charge in [0, 0.05) is 17.0 Å². The maximum absolute atomic E-state index is 6.65. The molecule has 80 valence electrons. The average molecular weight is 215 g/mol. The van der Waals surface area contributed by atoms with Gasteiger partial charge in [0.25, 0.3) is 0 Å². The molecule has 4 fully saturated rings. The third-order valence-corrected chi connectivity index (χ3v) is 5.18. The Balaban J connectivity index is 1.99. The number of hydrogen-bond acceptors (Lipinski definition) is 2. The summed E-state index contributed by atoms with van der Waals surface area (Å²) in [5.41, 5.74) is 12.4. The monoisotopic (exact) mass is 214 g/mol. The molecule has 2 nitrogen and oxygen atoms in total. The average Bonchev–Trinajstić information content (AvgIpc) is 2.21. The molecule has 14 heavy (non-hydrogen) atoms. The molecular weight excluding hydrogens is 196 g/mol. The largest absolute Gasteiger partial charge is 0.326 e. The maximum Gasteiger partial charge on any atom is 0.0456 e. The Morgan fingerprint density at radius 1 is 0.929 bits per heavy atom. The van der Waals surface area contributed by atoms with E-state index in [1.165, 1.54) is 19.3 Å². The van der Waals surface area contributed by atoms with E-state index in [0.717, 1.165) is 18.8 Å². The molecule has 4 aliphatic rings. The molecule has 4 atom stereocenters. The molecule has 4 bridgehead atoms. The van der Waals surface area contributed by atoms with Crippen molar-refractivity contribution in [1.29, 1.82) is 0 Å². The van der Waals surface area contributed by atoms with E-state index in [4.69, 9.17) is 23.1 Å². The number of alkyl halides is 1. The van der Waals surface area contributed by atoms with Crippen LogP contribution in [0.3, 0.4) is 0 Å². The lowest BCUT2D eigenvalue weighted by molar-refractivity contribution is 0.149. The standard InChI is InChI=1S/C11H19ClN2/c12-11-3-6-1-7(4-11)9(13)10(14)8(2-6)5-11/h6-10H,1-5,13-14H2. The van der Waals surface area contributed by atoms with Gasteiger partial charge in [0.2, 0.25) is 0 Å². The van der Waals surface area contributed by atoms with Crippen molar-refractivity contribution in [2.75, 3.05) is 0 Å². The van der Waals surface area contributed by atoms with Crippen molar-refractivity contribution >= 4 is 11.6 Å². The smallest absolute Gasteiger partial charge is 0.0456 e. The van der Waals surface area contributed by atoms with E-state index in [9.17, 15) is 0 Å². The summed E-state index contributed by atoms with van der Waals surface area (Å²) in [4.78, 5) is 0.0578. The number of fused-ring (bicyclic) bond motifs is 1. The predicted molar refractivity (Wildman–Crippen MR) is 58.1 cm³/mol. The highest BCUT2D eigenvalue weighted by Crippen LogP contribution is 2.55. The fraction of sp³-hybridized carbons (Fsp3) is 1.00. The normalized spacial score (nSPS) is 61.5. The Labute approximate surface area is 90.4 Å². The zero-order chi connectivity index (χ0) is 9.92. The van der Waals surface area contributed by atoms with Crippen molar-refractivity contribution in [3.05, 3.63) is 0 Å². The lowest BCUT2D eigenvalue weighted by Gasteiger charge is -2.44. The molecule has 4 rings (SSSR count). The van der Waals surface area contributed by atoms with E-state index in [0.29, 0.717) is 11.8 Å². The summed E-state index contributed by atoms with van der Waals surface area (Å²) in [6, 6.07) is 0.400. The number of hydrogen-bond donors (Lipinski definition) is 2. The van der Waals surface area contributed by atoms with Gasteiger partial charge in [0.15, 0.2) is 0 Å². The van der Waals surface area contributed by atoms with E-state index in [-0.39, 0.29) is 17.0 Å². The second-order valence-electron chi connectivity index (χ2n) is 5.78. The quantitative estimate of drug-likeness (QED) is 0.600. The molecule has 4 aliphatic carbocycles. The molecule has 0 amide bonds. The molecule has 3 heteroatoms. The topological polar surface area (TPSA) is 52.0 Å². The summed E-state index contributed by atoms with van der Waals surface area (Å²) in [6.45, 7) is 0. The van der Waals surface area contributed by atoms with Crippen molar-refractivity contribution in [3.63, 3.8) is 0 Å². The van der Waals surface area contributed by atoms with E-state index in [1.807, 2.05) is 0 Å². The van der Waals surface area contributed by atoms with Gasteiger partial charge in [-0.25, -0.2) is 0 Å². The molecule has 0 aliphatic heterocycles. The SMILES string of the molecule is NC1C2CC3CC(CC(Cl)(C3)C2)C1N. The first-order valence-corrected chi connectivity index (χ1v) is 6.15. The molecule has 4 unspecified atom stereocenters. The number of nitrogens with two attached hydrogens (primary N) is 2. The molecule has 0 aromatic heterocycles. The predicted octanol–water partition coefficient (Wildman–Crippen LogP) is 1.46. The molecule has 0 spiro atoms. The molecule has 0 radical (unpaired) electrons. The minimum Gasteiger partial charge on any atom is -0.326 e. The van der Waals surface area contributed by atoms with Crippen molar-refractivity contribution in [2.24, 2.45) is 29.2 Å². The minimum absolute atomic E-state index is 0.0578. The third-order valence-electron chi connectivity index (χ3n) is 4.72. The summed E-state index contributed by atoms with van der Waals surface area (Å²) in [5.74, 6) is 1.99. The maximum atomic E-state index is 6.65. The fourth-order valence-electron chi connectivity index (χ4n) is 4.21. The van der Waals surface area contributed by atoms with Crippen LogP contribution < -0.4 is 11.5 Å². The van der Waals surface area contributed by atoms with Crippen LogP contribution in [0.15, 0.2) is 0 Å². The molecule has 4 saturated carbocycles. The number of rotatable bonds is 0. The molecule has 0 heterocycles. The van der Waals surface area contributed by atoms with Crippen LogP contribution in [0.25, 0.3) is 0 Å². The highest BCUT2D eigenvalue weighted by atomic mass is 35.5. The summed E-state index contributed by atoms with van der Waals surface area (Å²) < 4.78 is 0. The molecular formula is C11H19ClN2. The van der Waals surface area contributed by atoms with Crippen LogP contribution in [0, 0.1) is 17.8 Å². The third kappa shape index (κ3) is 1.24. The van der Waals surface area contributed by atoms with E-state index in [1.54, 1.807) is 0 Å². The Bertz CT molecular complexity index is 236. The van der Waals surface area contributed by atoms with Gasteiger partial charge in [-0.1, -0.05) is 0 Å². The zero-order valence-electron chi connectivity index (χ0n) is 8.45. The van der Waals surface area contributed by atoms with Crippen LogP contribution in [0.4, 0.5) is 0 Å². The van der Waals surface area contributed by atoms with Crippen molar-refractivity contribution in [1.82, 2.24) is 0 Å². The van der Waals surface area contributed by atoms with Crippen molar-refractivity contribution < 1.29 is 0 Å². The summed E-state index contributed by atoms with van der Waals surface area (Å²) in [7, 11) is 0. The first kappa shape index (κ1) is 9.44. The van der Waals surface area contributed by atoms with Crippen molar-refractivity contribution in [3.8, 4) is 0 Å². The van der Waals surface area contributed by atoms with Crippen LogP contribution in [-0.2, 0) is 0 Å². The van der Waals surface area contributed by atoms with Gasteiger partial charge in [-0.2, -0.15) is 0 Å². The Kier molecular flexibility index (Phi) is 1.93. The van der Waals surface area contributed by atoms with Gasteiger partial charge in [0.05, 0.1) is 0 Å². The van der Waals surface area contributed by atoms with Gasteiger partial charge in [-0.3, -0.25) is 0 Å². The number of halogens is 1. The van der Waals surface area contributed by atoms with Gasteiger partial charge >= 0.3 is 0 Å². The lowest BCUT2D eigenvalue weighted by Crippen LogP contribution is -2.47. The van der Waals surface area contributed by atoms with Gasteiger partial charge in [0.1, 0.15) is 0 Å². The van der Waals surface area contributed by atoms with E-state index < -0.39 is 0 Å².